The molecule has 0 aromatic heterocycles. The van der Waals surface area contributed by atoms with Gasteiger partial charge in [-0.25, -0.2) is 0 Å². The molecule has 2 atom stereocenters. The van der Waals surface area contributed by atoms with E-state index in [9.17, 15) is 119 Å². The third kappa shape index (κ3) is 5.28. The Kier molecular flexibility index (Phi) is 10.7. The van der Waals surface area contributed by atoms with Crippen molar-refractivity contribution in [1.82, 2.24) is 0 Å². The van der Waals surface area contributed by atoms with Gasteiger partial charge in [0.1, 0.15) is 0 Å². The molecule has 265 valence electrons. The van der Waals surface area contributed by atoms with Crippen LogP contribution in [0.2, 0.25) is 0 Å². The van der Waals surface area contributed by atoms with Gasteiger partial charge in [0, 0.05) is 51.4 Å². The number of rotatable bonds is 9. The van der Waals surface area contributed by atoms with Gasteiger partial charge in [0.25, 0.3) is 0 Å². The smallest absolute Gasteiger partial charge is 0.332 e. The molecule has 31 heteroatoms. The van der Waals surface area contributed by atoms with E-state index in [1.165, 1.54) is 9.47 Å². The molecule has 0 aromatic carbocycles. The van der Waals surface area contributed by atoms with E-state index in [0.717, 1.165) is 0 Å². The van der Waals surface area contributed by atoms with Crippen LogP contribution in [0.25, 0.3) is 0 Å². The Hall–Kier alpha value is -0.374. The van der Waals surface area contributed by atoms with Crippen molar-refractivity contribution in [3.8, 4) is 0 Å². The Labute approximate surface area is 267 Å². The zero-order chi connectivity index (χ0) is 36.4. The van der Waals surface area contributed by atoms with E-state index >= 15 is 0 Å². The van der Waals surface area contributed by atoms with Crippen LogP contribution >= 0.6 is 0 Å². The zero-order valence-electron chi connectivity index (χ0n) is 19.5. The first kappa shape index (κ1) is 44.6. The molecule has 45 heavy (non-hydrogen) atoms. The summed E-state index contributed by atoms with van der Waals surface area (Å²) in [5.41, 5.74) is 0. The maximum Gasteiger partial charge on any atom is 0.460 e. The Balaban J connectivity index is 0.0000194. The Morgan fingerprint density at radius 1 is 0.378 bits per heavy atom. The maximum atomic E-state index is 14.5. The van der Waals surface area contributed by atoms with E-state index in [2.05, 4.69) is 0 Å². The van der Waals surface area contributed by atoms with Gasteiger partial charge in [0.05, 0.1) is 0 Å². The fourth-order valence-electron chi connectivity index (χ4n) is 2.76. The molecule has 0 aliphatic carbocycles. The Morgan fingerprint density at radius 2 is 0.644 bits per heavy atom. The molecule has 1 fully saturated rings. The maximum absolute atomic E-state index is 14.5. The van der Waals surface area contributed by atoms with Crippen molar-refractivity contribution in [3.63, 3.8) is 0 Å². The van der Waals surface area contributed by atoms with Crippen molar-refractivity contribution in [3.05, 3.63) is 0 Å². The van der Waals surface area contributed by atoms with Crippen molar-refractivity contribution >= 4 is 51.4 Å². The van der Waals surface area contributed by atoms with E-state index in [1.807, 2.05) is 0 Å². The second-order valence-corrected chi connectivity index (χ2v) is 8.06. The quantitative estimate of drug-likeness (QED) is 0.197. The van der Waals surface area contributed by atoms with E-state index in [1.54, 1.807) is 0 Å². The number of aliphatic hydroxyl groups is 1. The molecule has 0 spiro atoms. The Morgan fingerprint density at radius 3 is 0.889 bits per heavy atom. The van der Waals surface area contributed by atoms with Crippen LogP contribution in [0, 0.1) is 0 Å². The molecule has 0 saturated carbocycles. The first-order chi connectivity index (χ1) is 18.4. The van der Waals surface area contributed by atoms with E-state index in [4.69, 9.17) is 5.11 Å². The van der Waals surface area contributed by atoms with Gasteiger partial charge in [-0.2, -0.15) is 119 Å². The van der Waals surface area contributed by atoms with Gasteiger partial charge in [-0.15, -0.1) is 0 Å². The summed E-state index contributed by atoms with van der Waals surface area (Å²) >= 11 is 0. The SMILES string of the molecule is OC(F)(F)C1(C(F)(F)C(F)(F)C(F)(F)C(F)(F)C(F)(F)F)OC(F)(F)C(F)(C(F)(F)C(F)(F)C(F)(F)C(F)(F)C(F)(F)F)O1.[K]. The fraction of sp³-hybridized carbons (Fsp3) is 1.00. The molecule has 1 N–H and O–H groups in total. The van der Waals surface area contributed by atoms with Gasteiger partial charge in [-0.3, -0.25) is 9.47 Å². The van der Waals surface area contributed by atoms with E-state index < -0.39 is 83.6 Å². The van der Waals surface area contributed by atoms with Crippen LogP contribution in [0.4, 0.5) is 119 Å². The third-order valence-electron chi connectivity index (χ3n) is 5.22. The van der Waals surface area contributed by atoms with Gasteiger partial charge < -0.3 is 5.11 Å². The third-order valence-corrected chi connectivity index (χ3v) is 5.22. The molecular weight excluding hydrogens is 768 g/mol. The summed E-state index contributed by atoms with van der Waals surface area (Å²) in [7, 11) is 0. The summed E-state index contributed by atoms with van der Waals surface area (Å²) in [4.78, 5) is 0. The minimum Gasteiger partial charge on any atom is -0.332 e. The van der Waals surface area contributed by atoms with Crippen molar-refractivity contribution in [2.75, 3.05) is 0 Å². The molecule has 0 aromatic rings. The van der Waals surface area contributed by atoms with Gasteiger partial charge in [0.15, 0.2) is 0 Å². The summed E-state index contributed by atoms with van der Waals surface area (Å²) in [5.74, 6) is -90.0. The van der Waals surface area contributed by atoms with E-state index in [0.29, 0.717) is 0 Å². The summed E-state index contributed by atoms with van der Waals surface area (Å²) in [6.07, 6.45) is -33.1. The molecule has 1 heterocycles. The summed E-state index contributed by atoms with van der Waals surface area (Å²) in [6.45, 7) is 0. The molecule has 0 bridgehead atoms. The van der Waals surface area contributed by atoms with Gasteiger partial charge in [0.2, 0.25) is 0 Å². The first-order valence-corrected chi connectivity index (χ1v) is 9.14. The van der Waals surface area contributed by atoms with Crippen molar-refractivity contribution in [1.29, 1.82) is 0 Å². The second-order valence-electron chi connectivity index (χ2n) is 8.06. The van der Waals surface area contributed by atoms with Crippen LogP contribution in [-0.4, -0.2) is 140 Å². The number of alkyl halides is 27. The van der Waals surface area contributed by atoms with Crippen molar-refractivity contribution in [2.24, 2.45) is 0 Å². The predicted molar refractivity (Wildman–Crippen MR) is 78.3 cm³/mol. The summed E-state index contributed by atoms with van der Waals surface area (Å²) < 4.78 is 361. The fourth-order valence-corrected chi connectivity index (χ4v) is 2.76. The zero-order valence-corrected chi connectivity index (χ0v) is 22.6. The van der Waals surface area contributed by atoms with Crippen LogP contribution in [-0.2, 0) is 9.47 Å². The molecular formula is C14HF27KO3. The van der Waals surface area contributed by atoms with Crippen LogP contribution in [0.5, 0.6) is 0 Å². The molecule has 1 saturated heterocycles. The van der Waals surface area contributed by atoms with Crippen molar-refractivity contribution < 1.29 is 133 Å². The van der Waals surface area contributed by atoms with Crippen LogP contribution in [0.15, 0.2) is 0 Å². The minimum atomic E-state index is -9.31. The van der Waals surface area contributed by atoms with Crippen LogP contribution in [0.3, 0.4) is 0 Å². The van der Waals surface area contributed by atoms with Gasteiger partial charge in [-0.1, -0.05) is 0 Å². The van der Waals surface area contributed by atoms with Crippen LogP contribution < -0.4 is 0 Å². The topological polar surface area (TPSA) is 38.7 Å². The molecule has 1 rings (SSSR count). The number of halogens is 27. The first-order valence-electron chi connectivity index (χ1n) is 9.14. The largest absolute Gasteiger partial charge is 0.460 e. The van der Waals surface area contributed by atoms with Crippen molar-refractivity contribution in [2.45, 2.75) is 83.6 Å². The second kappa shape index (κ2) is 10.8. The number of hydrogen-bond acceptors (Lipinski definition) is 3. The monoisotopic (exact) mass is 769 g/mol. The molecule has 1 radical (unpaired) electrons. The normalized spacial score (nSPS) is 25.3. The molecule has 3 nitrogen and oxygen atoms in total. The predicted octanol–water partition coefficient (Wildman–Crippen LogP) is 7.40. The molecule has 2 unspecified atom stereocenters. The number of hydrogen-bond donors (Lipinski definition) is 1. The summed E-state index contributed by atoms with van der Waals surface area (Å²) in [5, 5.41) is 8.22. The van der Waals surface area contributed by atoms with E-state index in [-0.39, 0.29) is 51.4 Å². The van der Waals surface area contributed by atoms with Gasteiger partial charge >= 0.3 is 83.6 Å². The van der Waals surface area contributed by atoms with Gasteiger partial charge in [-0.05, 0) is 0 Å². The molecule has 1 aliphatic rings. The molecule has 0 amide bonds. The standard InChI is InChI=1S/C14HF27O3.K/c15-1(16,3(19,20)7(27,28)11(32,33)34)5(23,24)9(31)14(40,41)44-10(43-9,13(38,39)42)6(25,26)2(17,18)4(21,22)8(29,30)12(35,36)37;/h42H;. The number of ether oxygens (including phenoxy) is 2. The minimum absolute atomic E-state index is 0. The summed E-state index contributed by atoms with van der Waals surface area (Å²) in [6, 6.07) is 0. The van der Waals surface area contributed by atoms with Crippen LogP contribution in [0.1, 0.15) is 0 Å². The molecule has 1 aliphatic heterocycles. The average Bonchev–Trinajstić information content (AvgIpc) is 2.99. The Bertz CT molecular complexity index is 1100. The average molecular weight is 769 g/mol.